The standard InChI is InChI=1S/C8H15N3/c1-7(2)11-6-4-5-9-8(3)10-11/h5,7H,4,6H2,1-3H3. The van der Waals surface area contributed by atoms with Crippen molar-refractivity contribution in [3.05, 3.63) is 0 Å². The van der Waals surface area contributed by atoms with Crippen molar-refractivity contribution in [1.82, 2.24) is 5.01 Å². The summed E-state index contributed by atoms with van der Waals surface area (Å²) in [6.07, 6.45) is 2.93. The quantitative estimate of drug-likeness (QED) is 0.561. The second kappa shape index (κ2) is 3.51. The number of rotatable bonds is 1. The molecule has 1 aliphatic heterocycles. The van der Waals surface area contributed by atoms with Gasteiger partial charge in [-0.1, -0.05) is 0 Å². The molecule has 0 aromatic carbocycles. The van der Waals surface area contributed by atoms with Crippen molar-refractivity contribution in [2.24, 2.45) is 10.1 Å². The first-order valence-electron chi connectivity index (χ1n) is 4.04. The van der Waals surface area contributed by atoms with Gasteiger partial charge in [0.05, 0.1) is 0 Å². The molecule has 0 aliphatic carbocycles. The third-order valence-electron chi connectivity index (χ3n) is 1.63. The largest absolute Gasteiger partial charge is 0.292 e. The fourth-order valence-electron chi connectivity index (χ4n) is 1.02. The van der Waals surface area contributed by atoms with Crippen LogP contribution in [0.4, 0.5) is 0 Å². The van der Waals surface area contributed by atoms with Crippen molar-refractivity contribution in [2.45, 2.75) is 33.2 Å². The van der Waals surface area contributed by atoms with Gasteiger partial charge in [-0.25, -0.2) is 4.99 Å². The van der Waals surface area contributed by atoms with Gasteiger partial charge in [-0.15, -0.1) is 0 Å². The van der Waals surface area contributed by atoms with Gasteiger partial charge in [-0.3, -0.25) is 5.01 Å². The van der Waals surface area contributed by atoms with Crippen LogP contribution >= 0.6 is 0 Å². The molecule has 1 rings (SSSR count). The Morgan fingerprint density at radius 1 is 1.55 bits per heavy atom. The van der Waals surface area contributed by atoms with E-state index in [9.17, 15) is 0 Å². The first kappa shape index (κ1) is 8.24. The van der Waals surface area contributed by atoms with Crippen LogP contribution in [0.1, 0.15) is 27.2 Å². The van der Waals surface area contributed by atoms with Crippen molar-refractivity contribution in [1.29, 1.82) is 0 Å². The van der Waals surface area contributed by atoms with E-state index in [1.54, 1.807) is 0 Å². The number of nitrogens with zero attached hydrogens (tertiary/aromatic N) is 3. The van der Waals surface area contributed by atoms with Crippen molar-refractivity contribution >= 4 is 12.1 Å². The maximum absolute atomic E-state index is 4.33. The van der Waals surface area contributed by atoms with Crippen molar-refractivity contribution in [3.63, 3.8) is 0 Å². The Balaban J connectivity index is 2.64. The molecular weight excluding hydrogens is 138 g/mol. The second-order valence-corrected chi connectivity index (χ2v) is 3.00. The lowest BCUT2D eigenvalue weighted by Crippen LogP contribution is -2.26. The van der Waals surface area contributed by atoms with Crippen molar-refractivity contribution in [2.75, 3.05) is 6.54 Å². The number of amidine groups is 1. The Morgan fingerprint density at radius 3 is 2.91 bits per heavy atom. The minimum absolute atomic E-state index is 0.478. The molecule has 0 aromatic rings. The van der Waals surface area contributed by atoms with Crippen LogP contribution in [0.2, 0.25) is 0 Å². The van der Waals surface area contributed by atoms with Crippen LogP contribution in [-0.2, 0) is 0 Å². The van der Waals surface area contributed by atoms with Gasteiger partial charge in [-0.2, -0.15) is 5.10 Å². The van der Waals surface area contributed by atoms with E-state index in [1.165, 1.54) is 0 Å². The molecule has 11 heavy (non-hydrogen) atoms. The highest BCUT2D eigenvalue weighted by Gasteiger charge is 2.07. The predicted octanol–water partition coefficient (Wildman–Crippen LogP) is 1.50. The summed E-state index contributed by atoms with van der Waals surface area (Å²) in [6.45, 7) is 7.19. The topological polar surface area (TPSA) is 28.0 Å². The Labute approximate surface area is 67.8 Å². The third kappa shape index (κ3) is 2.33. The summed E-state index contributed by atoms with van der Waals surface area (Å²) in [5.74, 6) is 0.858. The fourth-order valence-corrected chi connectivity index (χ4v) is 1.02. The molecule has 0 unspecified atom stereocenters. The predicted molar refractivity (Wildman–Crippen MR) is 48.1 cm³/mol. The molecular formula is C8H15N3. The van der Waals surface area contributed by atoms with Gasteiger partial charge in [0, 0.05) is 25.2 Å². The van der Waals surface area contributed by atoms with Gasteiger partial charge in [0.25, 0.3) is 0 Å². The maximum atomic E-state index is 4.33. The Morgan fingerprint density at radius 2 is 2.27 bits per heavy atom. The molecule has 0 radical (unpaired) electrons. The Kier molecular flexibility index (Phi) is 2.63. The Bertz CT molecular complexity index is 182. The lowest BCUT2D eigenvalue weighted by Gasteiger charge is -2.21. The van der Waals surface area contributed by atoms with Crippen molar-refractivity contribution in [3.8, 4) is 0 Å². The zero-order chi connectivity index (χ0) is 8.27. The van der Waals surface area contributed by atoms with Crippen LogP contribution in [0.3, 0.4) is 0 Å². The molecule has 3 nitrogen and oxygen atoms in total. The van der Waals surface area contributed by atoms with Crippen LogP contribution < -0.4 is 0 Å². The fraction of sp³-hybridized carbons (Fsp3) is 0.750. The molecule has 0 aromatic heterocycles. The lowest BCUT2D eigenvalue weighted by molar-refractivity contribution is 0.241. The van der Waals surface area contributed by atoms with Crippen LogP contribution in [0, 0.1) is 0 Å². The van der Waals surface area contributed by atoms with Gasteiger partial charge in [0.2, 0.25) is 0 Å². The minimum Gasteiger partial charge on any atom is -0.292 e. The van der Waals surface area contributed by atoms with Gasteiger partial charge in [0.15, 0.2) is 0 Å². The molecule has 62 valence electrons. The first-order chi connectivity index (χ1) is 5.20. The number of hydrogen-bond acceptors (Lipinski definition) is 3. The van der Waals surface area contributed by atoms with Crippen LogP contribution in [-0.4, -0.2) is 29.6 Å². The normalized spacial score (nSPS) is 18.5. The average molecular weight is 153 g/mol. The summed E-state index contributed by atoms with van der Waals surface area (Å²) in [5.41, 5.74) is 0. The lowest BCUT2D eigenvalue weighted by atomic mass is 10.3. The van der Waals surface area contributed by atoms with E-state index in [1.807, 2.05) is 13.1 Å². The summed E-state index contributed by atoms with van der Waals surface area (Å²) in [4.78, 5) is 4.14. The van der Waals surface area contributed by atoms with Crippen molar-refractivity contribution < 1.29 is 0 Å². The first-order valence-corrected chi connectivity index (χ1v) is 4.04. The SMILES string of the molecule is CC1=NN(C(C)C)CCC=N1. The summed E-state index contributed by atoms with van der Waals surface area (Å²) in [5, 5.41) is 6.40. The highest BCUT2D eigenvalue weighted by molar-refractivity contribution is 5.87. The smallest absolute Gasteiger partial charge is 0.144 e. The maximum Gasteiger partial charge on any atom is 0.144 e. The molecule has 0 bridgehead atoms. The van der Waals surface area contributed by atoms with E-state index < -0.39 is 0 Å². The van der Waals surface area contributed by atoms with E-state index >= 15 is 0 Å². The summed E-state index contributed by atoms with van der Waals surface area (Å²) in [7, 11) is 0. The molecule has 0 spiro atoms. The molecule has 0 fully saturated rings. The van der Waals surface area contributed by atoms with Crippen LogP contribution in [0.5, 0.6) is 0 Å². The van der Waals surface area contributed by atoms with Gasteiger partial charge in [-0.05, 0) is 20.8 Å². The van der Waals surface area contributed by atoms with Crippen LogP contribution in [0.15, 0.2) is 10.1 Å². The van der Waals surface area contributed by atoms with E-state index in [2.05, 4.69) is 29.0 Å². The van der Waals surface area contributed by atoms with E-state index in [0.717, 1.165) is 18.8 Å². The van der Waals surface area contributed by atoms with E-state index in [0.29, 0.717) is 6.04 Å². The zero-order valence-electron chi connectivity index (χ0n) is 7.41. The number of hydrogen-bond donors (Lipinski definition) is 0. The minimum atomic E-state index is 0.478. The van der Waals surface area contributed by atoms with Gasteiger partial charge >= 0.3 is 0 Å². The monoisotopic (exact) mass is 153 g/mol. The molecule has 0 N–H and O–H groups in total. The van der Waals surface area contributed by atoms with E-state index in [-0.39, 0.29) is 0 Å². The second-order valence-electron chi connectivity index (χ2n) is 3.00. The number of aliphatic imine (C=N–C) groups is 1. The average Bonchev–Trinajstić information content (AvgIpc) is 2.13. The molecule has 1 heterocycles. The number of hydrazone groups is 1. The van der Waals surface area contributed by atoms with Gasteiger partial charge in [0.1, 0.15) is 5.84 Å². The molecule has 3 heteroatoms. The molecule has 0 amide bonds. The molecule has 0 saturated heterocycles. The molecule has 0 saturated carbocycles. The van der Waals surface area contributed by atoms with E-state index in [4.69, 9.17) is 0 Å². The molecule has 0 atom stereocenters. The third-order valence-corrected chi connectivity index (χ3v) is 1.63. The Hall–Kier alpha value is -0.860. The highest BCUT2D eigenvalue weighted by atomic mass is 15.5. The van der Waals surface area contributed by atoms with Gasteiger partial charge < -0.3 is 0 Å². The summed E-state index contributed by atoms with van der Waals surface area (Å²) >= 11 is 0. The summed E-state index contributed by atoms with van der Waals surface area (Å²) in [6, 6.07) is 0.478. The van der Waals surface area contributed by atoms with Crippen LogP contribution in [0.25, 0.3) is 0 Å². The highest BCUT2D eigenvalue weighted by Crippen LogP contribution is 2.03. The summed E-state index contributed by atoms with van der Waals surface area (Å²) < 4.78 is 0. The zero-order valence-corrected chi connectivity index (χ0v) is 7.41. The molecule has 1 aliphatic rings.